The number of hydrogen-bond donors (Lipinski definition) is 0. The van der Waals surface area contributed by atoms with Gasteiger partial charge in [-0.3, -0.25) is 0 Å². The lowest BCUT2D eigenvalue weighted by atomic mass is 10.0. The molecule has 0 amide bonds. The van der Waals surface area contributed by atoms with E-state index in [-0.39, 0.29) is 0 Å². The van der Waals surface area contributed by atoms with Gasteiger partial charge >= 0.3 is 0 Å². The fourth-order valence-electron chi connectivity index (χ4n) is 1.05. The maximum Gasteiger partial charge on any atom is 0.0716 e. The fourth-order valence-corrected chi connectivity index (χ4v) is 1.86. The van der Waals surface area contributed by atoms with Crippen LogP contribution in [0.25, 0.3) is 0 Å². The lowest BCUT2D eigenvalue weighted by Crippen LogP contribution is -2.11. The second kappa shape index (κ2) is 3.42. The molecule has 0 aliphatic rings. The van der Waals surface area contributed by atoms with Gasteiger partial charge in [-0.05, 0) is 30.5 Å². The van der Waals surface area contributed by atoms with Gasteiger partial charge in [0.05, 0.1) is 10.2 Å². The molecule has 1 aromatic rings. The van der Waals surface area contributed by atoms with Crippen molar-refractivity contribution in [3.8, 4) is 0 Å². The number of aryl methyl sites for hydroxylation is 1. The van der Waals surface area contributed by atoms with Crippen LogP contribution < -0.4 is 5.19 Å². The second-order valence-corrected chi connectivity index (χ2v) is 3.47. The van der Waals surface area contributed by atoms with Gasteiger partial charge in [0.1, 0.15) is 0 Å². The lowest BCUT2D eigenvalue weighted by Gasteiger charge is -2.08. The van der Waals surface area contributed by atoms with Crippen LogP contribution in [-0.2, 0) is 5.88 Å². The van der Waals surface area contributed by atoms with Crippen molar-refractivity contribution in [1.29, 1.82) is 0 Å². The first kappa shape index (κ1) is 8.82. The summed E-state index contributed by atoms with van der Waals surface area (Å²) in [6, 6.07) is 4.13. The first-order valence-electron chi connectivity index (χ1n) is 3.53. The minimum absolute atomic E-state index is 0.576. The molecule has 3 radical (unpaired) electrons. The normalized spacial score (nSPS) is 10.2. The smallest absolute Gasteiger partial charge is 0.0716 e. The van der Waals surface area contributed by atoms with E-state index in [1.54, 1.807) is 0 Å². The topological polar surface area (TPSA) is 0 Å². The van der Waals surface area contributed by atoms with Crippen LogP contribution in [0.5, 0.6) is 0 Å². The van der Waals surface area contributed by atoms with Gasteiger partial charge in [0.15, 0.2) is 0 Å². The molecule has 0 aliphatic heterocycles. The van der Waals surface area contributed by atoms with E-state index in [0.717, 1.165) is 5.19 Å². The molecule has 1 rings (SSSR count). The van der Waals surface area contributed by atoms with E-state index < -0.39 is 0 Å². The van der Waals surface area contributed by atoms with Gasteiger partial charge in [0.2, 0.25) is 0 Å². The number of rotatable bonds is 1. The molecule has 0 saturated carbocycles. The molecule has 0 aromatic heterocycles. The van der Waals surface area contributed by atoms with Crippen LogP contribution in [0.1, 0.15) is 16.7 Å². The molecule has 2 heteroatoms. The Labute approximate surface area is 76.0 Å². The van der Waals surface area contributed by atoms with Gasteiger partial charge in [-0.15, -0.1) is 11.6 Å². The van der Waals surface area contributed by atoms with Crippen molar-refractivity contribution in [1.82, 2.24) is 0 Å². The number of hydrogen-bond acceptors (Lipinski definition) is 0. The van der Waals surface area contributed by atoms with Crippen LogP contribution >= 0.6 is 11.6 Å². The Kier molecular flexibility index (Phi) is 2.74. The summed E-state index contributed by atoms with van der Waals surface area (Å²) in [5.41, 5.74) is 3.78. The molecule has 0 N–H and O–H groups in total. The highest BCUT2D eigenvalue weighted by Crippen LogP contribution is 2.11. The highest BCUT2D eigenvalue weighted by Gasteiger charge is 2.02. The van der Waals surface area contributed by atoms with Crippen molar-refractivity contribution >= 4 is 27.0 Å². The van der Waals surface area contributed by atoms with Crippen molar-refractivity contribution in [2.45, 2.75) is 19.7 Å². The Morgan fingerprint density at radius 1 is 1.36 bits per heavy atom. The SMILES string of the molecule is Cc1ccc([Si])c(CCl)c1C. The van der Waals surface area contributed by atoms with Crippen LogP contribution in [0.4, 0.5) is 0 Å². The number of benzene rings is 1. The minimum Gasteiger partial charge on any atom is -0.122 e. The van der Waals surface area contributed by atoms with Gasteiger partial charge < -0.3 is 0 Å². The Morgan fingerprint density at radius 3 is 2.45 bits per heavy atom. The summed E-state index contributed by atoms with van der Waals surface area (Å²) in [6.45, 7) is 4.19. The van der Waals surface area contributed by atoms with Gasteiger partial charge in [-0.2, -0.15) is 0 Å². The summed E-state index contributed by atoms with van der Waals surface area (Å²) >= 11 is 5.78. The van der Waals surface area contributed by atoms with Crippen LogP contribution in [0.15, 0.2) is 12.1 Å². The van der Waals surface area contributed by atoms with E-state index >= 15 is 0 Å². The van der Waals surface area contributed by atoms with Crippen LogP contribution in [0, 0.1) is 13.8 Å². The van der Waals surface area contributed by atoms with Crippen molar-refractivity contribution < 1.29 is 0 Å². The molecular formula is C9H10ClSi. The van der Waals surface area contributed by atoms with Crippen molar-refractivity contribution in [2.24, 2.45) is 0 Å². The third-order valence-corrected chi connectivity index (χ3v) is 2.74. The molecule has 0 saturated heterocycles. The maximum atomic E-state index is 5.78. The molecule has 11 heavy (non-hydrogen) atoms. The first-order chi connectivity index (χ1) is 5.16. The van der Waals surface area contributed by atoms with Crippen LogP contribution in [0.3, 0.4) is 0 Å². The molecule has 0 aliphatic carbocycles. The highest BCUT2D eigenvalue weighted by atomic mass is 35.5. The summed E-state index contributed by atoms with van der Waals surface area (Å²) in [7, 11) is 3.51. The van der Waals surface area contributed by atoms with Crippen molar-refractivity contribution in [3.63, 3.8) is 0 Å². The highest BCUT2D eigenvalue weighted by molar-refractivity contribution is 6.34. The lowest BCUT2D eigenvalue weighted by molar-refractivity contribution is 1.26. The Hall–Kier alpha value is -0.273. The summed E-state index contributed by atoms with van der Waals surface area (Å²) in [6.07, 6.45) is 0. The predicted molar refractivity (Wildman–Crippen MR) is 50.9 cm³/mol. The van der Waals surface area contributed by atoms with E-state index in [9.17, 15) is 0 Å². The third-order valence-electron chi connectivity index (χ3n) is 2.00. The Balaban J connectivity index is 3.29. The largest absolute Gasteiger partial charge is 0.122 e. The van der Waals surface area contributed by atoms with Gasteiger partial charge in [-0.1, -0.05) is 17.3 Å². The fraction of sp³-hybridized carbons (Fsp3) is 0.333. The molecule has 0 spiro atoms. The molecule has 0 nitrogen and oxygen atoms in total. The Bertz CT molecular complexity index is 269. The molecule has 0 heterocycles. The first-order valence-corrected chi connectivity index (χ1v) is 4.57. The van der Waals surface area contributed by atoms with Gasteiger partial charge in [0, 0.05) is 5.88 Å². The molecule has 1 aromatic carbocycles. The van der Waals surface area contributed by atoms with Gasteiger partial charge in [-0.25, -0.2) is 0 Å². The molecule has 0 atom stereocenters. The van der Waals surface area contributed by atoms with E-state index in [1.807, 2.05) is 6.07 Å². The number of halogens is 1. The summed E-state index contributed by atoms with van der Waals surface area (Å²) < 4.78 is 0. The predicted octanol–water partition coefficient (Wildman–Crippen LogP) is 1.84. The summed E-state index contributed by atoms with van der Waals surface area (Å²) in [5, 5.41) is 1.10. The van der Waals surface area contributed by atoms with Crippen LogP contribution in [-0.4, -0.2) is 10.2 Å². The van der Waals surface area contributed by atoms with E-state index in [4.69, 9.17) is 11.6 Å². The van der Waals surface area contributed by atoms with Crippen molar-refractivity contribution in [3.05, 3.63) is 28.8 Å². The molecule has 0 bridgehead atoms. The summed E-state index contributed by atoms with van der Waals surface area (Å²) in [4.78, 5) is 0. The molecule has 0 unspecified atom stereocenters. The second-order valence-electron chi connectivity index (χ2n) is 2.67. The average molecular weight is 182 g/mol. The van der Waals surface area contributed by atoms with E-state index in [0.29, 0.717) is 5.88 Å². The van der Waals surface area contributed by atoms with Gasteiger partial charge in [0.25, 0.3) is 0 Å². The molecule has 0 fully saturated rings. The number of alkyl halides is 1. The Morgan fingerprint density at radius 2 is 2.00 bits per heavy atom. The third kappa shape index (κ3) is 1.66. The average Bonchev–Trinajstić information content (AvgIpc) is 1.99. The zero-order valence-electron chi connectivity index (χ0n) is 6.74. The summed E-state index contributed by atoms with van der Waals surface area (Å²) in [5.74, 6) is 0.576. The van der Waals surface area contributed by atoms with E-state index in [1.165, 1.54) is 16.7 Å². The van der Waals surface area contributed by atoms with Crippen LogP contribution in [0.2, 0.25) is 0 Å². The van der Waals surface area contributed by atoms with E-state index in [2.05, 4.69) is 30.2 Å². The zero-order chi connectivity index (χ0) is 8.43. The standard InChI is InChI=1S/C9H10ClSi/c1-6-3-4-9(11)8(5-10)7(6)2/h3-4H,5H2,1-2H3. The minimum atomic E-state index is 0.576. The quantitative estimate of drug-likeness (QED) is 0.458. The molecule has 57 valence electrons. The van der Waals surface area contributed by atoms with Crippen molar-refractivity contribution in [2.75, 3.05) is 0 Å². The molecular weight excluding hydrogens is 172 g/mol. The monoisotopic (exact) mass is 181 g/mol. The maximum absolute atomic E-state index is 5.78. The zero-order valence-corrected chi connectivity index (χ0v) is 8.50.